The lowest BCUT2D eigenvalue weighted by Crippen LogP contribution is -2.30. The SMILES string of the molecule is CCN(CC)S(=O)(=O)c1ccc(NC(=O)C(C)Sc2cc(C)ncn2)cc1. The molecule has 9 heteroatoms. The van der Waals surface area contributed by atoms with Crippen molar-refractivity contribution in [2.24, 2.45) is 0 Å². The molecule has 1 amide bonds. The third-order valence-corrected chi connectivity index (χ3v) is 7.01. The van der Waals surface area contributed by atoms with Crippen LogP contribution < -0.4 is 5.32 Å². The summed E-state index contributed by atoms with van der Waals surface area (Å²) in [5.41, 5.74) is 1.38. The number of rotatable bonds is 8. The molecule has 0 aliphatic rings. The number of hydrogen-bond acceptors (Lipinski definition) is 6. The van der Waals surface area contributed by atoms with Crippen LogP contribution >= 0.6 is 11.8 Å². The van der Waals surface area contributed by atoms with Gasteiger partial charge in [0.05, 0.1) is 10.1 Å². The fraction of sp³-hybridized carbons (Fsp3) is 0.389. The lowest BCUT2D eigenvalue weighted by atomic mass is 10.3. The third kappa shape index (κ3) is 5.50. The molecule has 1 atom stereocenters. The van der Waals surface area contributed by atoms with E-state index in [1.807, 2.05) is 13.0 Å². The van der Waals surface area contributed by atoms with Crippen LogP contribution in [0.1, 0.15) is 26.5 Å². The smallest absolute Gasteiger partial charge is 0.243 e. The van der Waals surface area contributed by atoms with Gasteiger partial charge in [-0.3, -0.25) is 4.79 Å². The van der Waals surface area contributed by atoms with Crippen molar-refractivity contribution >= 4 is 33.4 Å². The standard InChI is InChI=1S/C18H24N4O3S2/c1-5-22(6-2)27(24,25)16-9-7-15(8-10-16)21-18(23)14(4)26-17-11-13(3)19-12-20-17/h7-12,14H,5-6H2,1-4H3,(H,21,23). The van der Waals surface area contributed by atoms with Crippen LogP contribution in [-0.4, -0.2) is 46.9 Å². The zero-order valence-electron chi connectivity index (χ0n) is 15.8. The maximum Gasteiger partial charge on any atom is 0.243 e. The second kappa shape index (κ2) is 9.29. The second-order valence-electron chi connectivity index (χ2n) is 5.86. The topological polar surface area (TPSA) is 92.3 Å². The van der Waals surface area contributed by atoms with Crippen molar-refractivity contribution in [1.82, 2.24) is 14.3 Å². The number of aromatic nitrogens is 2. The highest BCUT2D eigenvalue weighted by atomic mass is 32.2. The molecule has 0 aliphatic heterocycles. The fourth-order valence-corrected chi connectivity index (χ4v) is 4.73. The Morgan fingerprint density at radius 3 is 2.37 bits per heavy atom. The van der Waals surface area contributed by atoms with Crippen LogP contribution in [0.2, 0.25) is 0 Å². The number of thioether (sulfide) groups is 1. The summed E-state index contributed by atoms with van der Waals surface area (Å²) >= 11 is 1.34. The number of amides is 1. The van der Waals surface area contributed by atoms with Crippen molar-refractivity contribution < 1.29 is 13.2 Å². The lowest BCUT2D eigenvalue weighted by molar-refractivity contribution is -0.115. The minimum Gasteiger partial charge on any atom is -0.325 e. The molecule has 1 aromatic heterocycles. The number of nitrogens with zero attached hydrogens (tertiary/aromatic N) is 3. The summed E-state index contributed by atoms with van der Waals surface area (Å²) in [4.78, 5) is 20.8. The number of anilines is 1. The Bertz CT molecular complexity index is 882. The monoisotopic (exact) mass is 408 g/mol. The van der Waals surface area contributed by atoms with Gasteiger partial charge in [0.2, 0.25) is 15.9 Å². The van der Waals surface area contributed by atoms with Crippen molar-refractivity contribution in [3.05, 3.63) is 42.4 Å². The Labute approximate surface area is 164 Å². The van der Waals surface area contributed by atoms with Crippen molar-refractivity contribution in [2.75, 3.05) is 18.4 Å². The van der Waals surface area contributed by atoms with Gasteiger partial charge < -0.3 is 5.32 Å². The third-order valence-electron chi connectivity index (χ3n) is 3.91. The average Bonchev–Trinajstić information content (AvgIpc) is 2.63. The van der Waals surface area contributed by atoms with E-state index in [0.29, 0.717) is 18.8 Å². The fourth-order valence-electron chi connectivity index (χ4n) is 2.40. The first-order valence-corrected chi connectivity index (χ1v) is 11.0. The molecule has 2 aromatic rings. The summed E-state index contributed by atoms with van der Waals surface area (Å²) in [5, 5.41) is 3.17. The van der Waals surface area contributed by atoms with Crippen molar-refractivity contribution in [1.29, 1.82) is 0 Å². The van der Waals surface area contributed by atoms with Crippen molar-refractivity contribution in [3.63, 3.8) is 0 Å². The Morgan fingerprint density at radius 2 is 1.81 bits per heavy atom. The van der Waals surface area contributed by atoms with Gasteiger partial charge >= 0.3 is 0 Å². The minimum absolute atomic E-state index is 0.185. The molecule has 0 saturated carbocycles. The maximum atomic E-state index is 12.5. The molecule has 2 rings (SSSR count). The summed E-state index contributed by atoms with van der Waals surface area (Å²) < 4.78 is 26.4. The van der Waals surface area contributed by atoms with Gasteiger partial charge in [-0.1, -0.05) is 25.6 Å². The molecule has 0 spiro atoms. The first-order valence-electron chi connectivity index (χ1n) is 8.64. The van der Waals surface area contributed by atoms with Gasteiger partial charge in [-0.2, -0.15) is 4.31 Å². The van der Waals surface area contributed by atoms with Gasteiger partial charge in [-0.05, 0) is 44.2 Å². The van der Waals surface area contributed by atoms with Gasteiger partial charge in [0, 0.05) is 24.5 Å². The molecule has 0 bridgehead atoms. The maximum absolute atomic E-state index is 12.5. The highest BCUT2D eigenvalue weighted by Gasteiger charge is 2.21. The number of benzene rings is 1. The van der Waals surface area contributed by atoms with Crippen LogP contribution in [0.4, 0.5) is 5.69 Å². The van der Waals surface area contributed by atoms with E-state index in [9.17, 15) is 13.2 Å². The second-order valence-corrected chi connectivity index (χ2v) is 9.16. The largest absolute Gasteiger partial charge is 0.325 e. The van der Waals surface area contributed by atoms with E-state index in [0.717, 1.165) is 10.7 Å². The molecule has 1 N–H and O–H groups in total. The van der Waals surface area contributed by atoms with E-state index in [4.69, 9.17) is 0 Å². The van der Waals surface area contributed by atoms with Gasteiger partial charge in [0.25, 0.3) is 0 Å². The van der Waals surface area contributed by atoms with Crippen molar-refractivity contribution in [3.8, 4) is 0 Å². The van der Waals surface area contributed by atoms with E-state index in [2.05, 4.69) is 15.3 Å². The van der Waals surface area contributed by atoms with Crippen LogP contribution in [0, 0.1) is 6.92 Å². The van der Waals surface area contributed by atoms with E-state index in [1.165, 1.54) is 34.5 Å². The highest BCUT2D eigenvalue weighted by molar-refractivity contribution is 8.00. The molecule has 0 aliphatic carbocycles. The quantitative estimate of drug-likeness (QED) is 0.533. The number of carbonyl (C=O) groups is 1. The molecule has 7 nitrogen and oxygen atoms in total. The van der Waals surface area contributed by atoms with E-state index >= 15 is 0 Å². The summed E-state index contributed by atoms with van der Waals surface area (Å²) in [6.07, 6.45) is 1.47. The molecule has 27 heavy (non-hydrogen) atoms. The van der Waals surface area contributed by atoms with Gasteiger partial charge in [0.15, 0.2) is 0 Å². The summed E-state index contributed by atoms with van der Waals surface area (Å²) in [7, 11) is -3.51. The molecule has 0 fully saturated rings. The number of nitrogens with one attached hydrogen (secondary N) is 1. The minimum atomic E-state index is -3.51. The predicted octanol–water partition coefficient (Wildman–Crippen LogP) is 2.93. The molecule has 0 saturated heterocycles. The Morgan fingerprint density at radius 1 is 1.19 bits per heavy atom. The normalized spacial score (nSPS) is 12.8. The van der Waals surface area contributed by atoms with Crippen LogP contribution in [0.3, 0.4) is 0 Å². The average molecular weight is 409 g/mol. The molecule has 146 valence electrons. The number of carbonyl (C=O) groups excluding carboxylic acids is 1. The van der Waals surface area contributed by atoms with Crippen LogP contribution in [0.25, 0.3) is 0 Å². The first-order chi connectivity index (χ1) is 12.8. The molecular weight excluding hydrogens is 384 g/mol. The summed E-state index contributed by atoms with van der Waals surface area (Å²) in [6, 6.07) is 8.03. The molecule has 1 unspecified atom stereocenters. The van der Waals surface area contributed by atoms with Crippen molar-refractivity contribution in [2.45, 2.75) is 42.9 Å². The zero-order chi connectivity index (χ0) is 20.0. The van der Waals surface area contributed by atoms with Crippen LogP contribution in [0.15, 0.2) is 46.6 Å². The van der Waals surface area contributed by atoms with E-state index in [1.54, 1.807) is 32.9 Å². The van der Waals surface area contributed by atoms with E-state index < -0.39 is 10.0 Å². The lowest BCUT2D eigenvalue weighted by Gasteiger charge is -2.18. The Balaban J connectivity index is 2.04. The van der Waals surface area contributed by atoms with Gasteiger partial charge in [-0.15, -0.1) is 0 Å². The molecular formula is C18H24N4O3S2. The predicted molar refractivity (Wildman–Crippen MR) is 107 cm³/mol. The number of aryl methyl sites for hydroxylation is 1. The van der Waals surface area contributed by atoms with Crippen LogP contribution in [-0.2, 0) is 14.8 Å². The zero-order valence-corrected chi connectivity index (χ0v) is 17.5. The Hall–Kier alpha value is -1.97. The highest BCUT2D eigenvalue weighted by Crippen LogP contribution is 2.23. The Kier molecular flexibility index (Phi) is 7.34. The molecule has 1 aromatic carbocycles. The van der Waals surface area contributed by atoms with Gasteiger partial charge in [-0.25, -0.2) is 18.4 Å². The number of hydrogen-bond donors (Lipinski definition) is 1. The van der Waals surface area contributed by atoms with E-state index in [-0.39, 0.29) is 16.1 Å². The first kappa shape index (κ1) is 21.3. The summed E-state index contributed by atoms with van der Waals surface area (Å²) in [5.74, 6) is -0.185. The van der Waals surface area contributed by atoms with Gasteiger partial charge in [0.1, 0.15) is 11.4 Å². The molecule has 0 radical (unpaired) electrons. The summed E-state index contributed by atoms with van der Waals surface area (Å²) in [6.45, 7) is 8.08. The molecule has 1 heterocycles. The van der Waals surface area contributed by atoms with Crippen LogP contribution in [0.5, 0.6) is 0 Å². The number of sulfonamides is 1.